The molecule has 6 nitrogen and oxygen atoms in total. The van der Waals surface area contributed by atoms with Gasteiger partial charge in [0, 0.05) is 23.1 Å². The first kappa shape index (κ1) is 18.9. The van der Waals surface area contributed by atoms with E-state index < -0.39 is 4.92 Å². The number of rotatable bonds is 8. The highest BCUT2D eigenvalue weighted by molar-refractivity contribution is 6.04. The summed E-state index contributed by atoms with van der Waals surface area (Å²) in [5, 5.41) is 34.4. The second kappa shape index (κ2) is 8.50. The van der Waals surface area contributed by atoms with Gasteiger partial charge in [-0.05, 0) is 24.8 Å². The van der Waals surface area contributed by atoms with Crippen LogP contribution >= 0.6 is 0 Å². The van der Waals surface area contributed by atoms with Crippen LogP contribution in [0.4, 0.5) is 5.69 Å². The number of nitro groups is 1. The predicted octanol–water partition coefficient (Wildman–Crippen LogP) is 4.82. The highest BCUT2D eigenvalue weighted by Gasteiger charge is 2.25. The zero-order chi connectivity index (χ0) is 17.6. The van der Waals surface area contributed by atoms with Crippen molar-refractivity contribution in [3.05, 3.63) is 33.4 Å². The van der Waals surface area contributed by atoms with Gasteiger partial charge >= 0.3 is 0 Å². The minimum atomic E-state index is -0.458. The fourth-order valence-electron chi connectivity index (χ4n) is 2.76. The van der Waals surface area contributed by atoms with Crippen LogP contribution < -0.4 is 0 Å². The smallest absolute Gasteiger partial charge is 0.273 e. The summed E-state index contributed by atoms with van der Waals surface area (Å²) in [6, 6.07) is 2.74. The minimum Gasteiger partial charge on any atom is -0.507 e. The van der Waals surface area contributed by atoms with Crippen molar-refractivity contribution in [2.75, 3.05) is 0 Å². The Hall–Kier alpha value is -2.11. The van der Waals surface area contributed by atoms with E-state index in [0.29, 0.717) is 11.3 Å². The highest BCUT2D eigenvalue weighted by atomic mass is 16.6. The molecule has 0 radical (unpaired) electrons. The molecule has 1 aromatic carbocycles. The molecule has 0 amide bonds. The molecule has 1 atom stereocenters. The quantitative estimate of drug-likeness (QED) is 0.310. The number of benzene rings is 1. The van der Waals surface area contributed by atoms with Crippen molar-refractivity contribution < 1.29 is 15.2 Å². The third-order valence-electron chi connectivity index (χ3n) is 4.13. The lowest BCUT2D eigenvalue weighted by atomic mass is 9.87. The number of aromatic hydroxyl groups is 1. The summed E-state index contributed by atoms with van der Waals surface area (Å²) in [5.74, 6) is -0.218. The first-order valence-corrected chi connectivity index (χ1v) is 8.10. The second-order valence-electron chi connectivity index (χ2n) is 6.07. The topological polar surface area (TPSA) is 96.0 Å². The summed E-state index contributed by atoms with van der Waals surface area (Å²) in [6.45, 7) is 7.71. The van der Waals surface area contributed by atoms with Crippen LogP contribution in [-0.2, 0) is 0 Å². The van der Waals surface area contributed by atoms with E-state index in [1.54, 1.807) is 0 Å². The third-order valence-corrected chi connectivity index (χ3v) is 4.13. The van der Waals surface area contributed by atoms with Gasteiger partial charge in [-0.15, -0.1) is 0 Å². The van der Waals surface area contributed by atoms with Gasteiger partial charge in [0.15, 0.2) is 0 Å². The molecule has 0 spiro atoms. The Balaban J connectivity index is 3.39. The van der Waals surface area contributed by atoms with E-state index in [4.69, 9.17) is 0 Å². The molecular formula is C17H26N2O4. The number of nitro benzene ring substituents is 1. The fourth-order valence-corrected chi connectivity index (χ4v) is 2.76. The Morgan fingerprint density at radius 2 is 2.00 bits per heavy atom. The van der Waals surface area contributed by atoms with E-state index in [2.05, 4.69) is 12.1 Å². The summed E-state index contributed by atoms with van der Waals surface area (Å²) in [7, 11) is 0. The number of nitrogens with zero attached hydrogens (tertiary/aromatic N) is 2. The average molecular weight is 322 g/mol. The Labute approximate surface area is 137 Å². The second-order valence-corrected chi connectivity index (χ2v) is 6.07. The van der Waals surface area contributed by atoms with E-state index in [9.17, 15) is 20.4 Å². The van der Waals surface area contributed by atoms with Crippen LogP contribution in [-0.4, -0.2) is 20.9 Å². The molecule has 1 unspecified atom stereocenters. The first-order chi connectivity index (χ1) is 10.9. The van der Waals surface area contributed by atoms with Crippen molar-refractivity contribution in [3.63, 3.8) is 0 Å². The summed E-state index contributed by atoms with van der Waals surface area (Å²) >= 11 is 0. The molecule has 2 N–H and O–H groups in total. The standard InChI is InChI=1S/C17H26N2O4/c1-5-7-8-12(6-2)17(18-21)14-9-15(19(22)23)13(11(3)4)10-16(14)20/h9-12,20-21H,5-8H2,1-4H3. The summed E-state index contributed by atoms with van der Waals surface area (Å²) in [4.78, 5) is 10.9. The third kappa shape index (κ3) is 4.43. The van der Waals surface area contributed by atoms with Crippen LogP contribution in [0.1, 0.15) is 70.4 Å². The predicted molar refractivity (Wildman–Crippen MR) is 90.5 cm³/mol. The van der Waals surface area contributed by atoms with Gasteiger partial charge in [0.2, 0.25) is 0 Å². The molecular weight excluding hydrogens is 296 g/mol. The van der Waals surface area contributed by atoms with E-state index in [0.717, 1.165) is 25.7 Å². The lowest BCUT2D eigenvalue weighted by molar-refractivity contribution is -0.385. The molecule has 0 fully saturated rings. The molecule has 0 aliphatic carbocycles. The maximum Gasteiger partial charge on any atom is 0.273 e. The summed E-state index contributed by atoms with van der Waals surface area (Å²) in [5.41, 5.74) is 0.970. The normalized spacial score (nSPS) is 13.3. The van der Waals surface area contributed by atoms with E-state index in [1.807, 2.05) is 20.8 Å². The van der Waals surface area contributed by atoms with Crippen molar-refractivity contribution in [3.8, 4) is 5.75 Å². The van der Waals surface area contributed by atoms with Gasteiger partial charge in [-0.3, -0.25) is 10.1 Å². The fraction of sp³-hybridized carbons (Fsp3) is 0.588. The zero-order valence-electron chi connectivity index (χ0n) is 14.2. The largest absolute Gasteiger partial charge is 0.507 e. The molecule has 0 bridgehead atoms. The Kier molecular flexibility index (Phi) is 7.00. The highest BCUT2D eigenvalue weighted by Crippen LogP contribution is 2.35. The van der Waals surface area contributed by atoms with Crippen LogP contribution in [0.3, 0.4) is 0 Å². The molecule has 0 heterocycles. The molecule has 1 aromatic rings. The van der Waals surface area contributed by atoms with Crippen LogP contribution in [0.15, 0.2) is 17.3 Å². The van der Waals surface area contributed by atoms with Gasteiger partial charge in [0.05, 0.1) is 10.6 Å². The summed E-state index contributed by atoms with van der Waals surface area (Å²) in [6.07, 6.45) is 3.52. The maximum absolute atomic E-state index is 11.3. The van der Waals surface area contributed by atoms with E-state index in [1.165, 1.54) is 12.1 Å². The number of hydrogen-bond donors (Lipinski definition) is 2. The van der Waals surface area contributed by atoms with Crippen LogP contribution in [0.25, 0.3) is 0 Å². The number of unbranched alkanes of at least 4 members (excludes halogenated alkanes) is 1. The van der Waals surface area contributed by atoms with Gasteiger partial charge < -0.3 is 10.3 Å². The molecule has 6 heteroatoms. The Morgan fingerprint density at radius 1 is 1.35 bits per heavy atom. The average Bonchev–Trinajstić information content (AvgIpc) is 2.51. The minimum absolute atomic E-state index is 0.0460. The number of oxime groups is 1. The van der Waals surface area contributed by atoms with E-state index in [-0.39, 0.29) is 28.8 Å². The van der Waals surface area contributed by atoms with Crippen molar-refractivity contribution >= 4 is 11.4 Å². The van der Waals surface area contributed by atoms with Crippen LogP contribution in [0.2, 0.25) is 0 Å². The van der Waals surface area contributed by atoms with Crippen molar-refractivity contribution in [2.24, 2.45) is 11.1 Å². The maximum atomic E-state index is 11.3. The van der Waals surface area contributed by atoms with E-state index >= 15 is 0 Å². The molecule has 128 valence electrons. The molecule has 1 rings (SSSR count). The van der Waals surface area contributed by atoms with Crippen LogP contribution in [0, 0.1) is 16.0 Å². The molecule has 0 aliphatic rings. The van der Waals surface area contributed by atoms with Crippen LogP contribution in [0.5, 0.6) is 5.75 Å². The molecule has 23 heavy (non-hydrogen) atoms. The van der Waals surface area contributed by atoms with Crippen molar-refractivity contribution in [1.29, 1.82) is 0 Å². The van der Waals surface area contributed by atoms with Crippen molar-refractivity contribution in [1.82, 2.24) is 0 Å². The van der Waals surface area contributed by atoms with Gasteiger partial charge in [0.1, 0.15) is 5.75 Å². The van der Waals surface area contributed by atoms with Gasteiger partial charge in [0.25, 0.3) is 5.69 Å². The Bertz CT molecular complexity index is 582. The zero-order valence-corrected chi connectivity index (χ0v) is 14.2. The molecule has 0 saturated carbocycles. The Morgan fingerprint density at radius 3 is 2.43 bits per heavy atom. The lowest BCUT2D eigenvalue weighted by Gasteiger charge is -2.18. The molecule has 0 saturated heterocycles. The lowest BCUT2D eigenvalue weighted by Crippen LogP contribution is -2.16. The van der Waals surface area contributed by atoms with Gasteiger partial charge in [-0.25, -0.2) is 0 Å². The number of phenolic OH excluding ortho intramolecular Hbond substituents is 1. The first-order valence-electron chi connectivity index (χ1n) is 8.10. The number of phenols is 1. The summed E-state index contributed by atoms with van der Waals surface area (Å²) < 4.78 is 0. The molecule has 0 aliphatic heterocycles. The van der Waals surface area contributed by atoms with Crippen molar-refractivity contribution in [2.45, 2.75) is 59.3 Å². The van der Waals surface area contributed by atoms with Gasteiger partial charge in [-0.1, -0.05) is 45.7 Å². The van der Waals surface area contributed by atoms with Gasteiger partial charge in [-0.2, -0.15) is 0 Å². The molecule has 0 aromatic heterocycles. The number of hydrogen-bond acceptors (Lipinski definition) is 5. The SMILES string of the molecule is CCCCC(CC)C(=NO)c1cc([N+](=O)[O-])c(C(C)C)cc1O. The monoisotopic (exact) mass is 322 g/mol.